The second kappa shape index (κ2) is 9.36. The first kappa shape index (κ1) is 21.8. The maximum atomic E-state index is 13.3. The SMILES string of the molecule is COCc1ccc(C(=O)N2C[C@@H](c3ccc(OC)cc3)[C@H](c3cc(=O)[nH]c(C)n3)C2)cc1. The van der Waals surface area contributed by atoms with Gasteiger partial charge in [-0.1, -0.05) is 24.3 Å². The van der Waals surface area contributed by atoms with Crippen molar-refractivity contribution in [1.82, 2.24) is 14.9 Å². The third kappa shape index (κ3) is 4.57. The van der Waals surface area contributed by atoms with E-state index in [-0.39, 0.29) is 23.3 Å². The normalized spacial score (nSPS) is 18.0. The summed E-state index contributed by atoms with van der Waals surface area (Å²) in [4.78, 5) is 34.6. The fraction of sp³-hybridized carbons (Fsp3) is 0.320. The van der Waals surface area contributed by atoms with Crippen LogP contribution in [0, 0.1) is 6.92 Å². The first-order valence-electron chi connectivity index (χ1n) is 10.6. The monoisotopic (exact) mass is 433 g/mol. The van der Waals surface area contributed by atoms with Crippen LogP contribution in [0.2, 0.25) is 0 Å². The Morgan fingerprint density at radius 3 is 2.38 bits per heavy atom. The van der Waals surface area contributed by atoms with Gasteiger partial charge in [0.25, 0.3) is 11.5 Å². The molecule has 7 nitrogen and oxygen atoms in total. The lowest BCUT2D eigenvalue weighted by Gasteiger charge is -2.18. The summed E-state index contributed by atoms with van der Waals surface area (Å²) in [5.74, 6) is 1.25. The summed E-state index contributed by atoms with van der Waals surface area (Å²) in [5.41, 5.74) is 3.26. The zero-order chi connectivity index (χ0) is 22.7. The molecule has 0 bridgehead atoms. The predicted octanol–water partition coefficient (Wildman–Crippen LogP) is 3.26. The highest BCUT2D eigenvalue weighted by Gasteiger charge is 2.38. The fourth-order valence-electron chi connectivity index (χ4n) is 4.34. The number of ether oxygens (including phenoxy) is 2. The van der Waals surface area contributed by atoms with E-state index in [1.54, 1.807) is 27.2 Å². The number of rotatable bonds is 6. The third-order valence-electron chi connectivity index (χ3n) is 5.92. The average Bonchev–Trinajstić information content (AvgIpc) is 3.24. The Labute approximate surface area is 187 Å². The number of carbonyl (C=O) groups is 1. The maximum Gasteiger partial charge on any atom is 0.253 e. The summed E-state index contributed by atoms with van der Waals surface area (Å²) in [7, 11) is 3.28. The summed E-state index contributed by atoms with van der Waals surface area (Å²) in [5, 5.41) is 0. The van der Waals surface area contributed by atoms with E-state index in [0.29, 0.717) is 36.8 Å². The number of hydrogen-bond donors (Lipinski definition) is 1. The smallest absolute Gasteiger partial charge is 0.253 e. The minimum atomic E-state index is -0.181. The topological polar surface area (TPSA) is 84.5 Å². The number of likely N-dealkylation sites (tertiary alicyclic amines) is 1. The van der Waals surface area contributed by atoms with Gasteiger partial charge in [-0.2, -0.15) is 0 Å². The molecular formula is C25H27N3O4. The molecule has 1 aromatic heterocycles. The van der Waals surface area contributed by atoms with Gasteiger partial charge in [-0.05, 0) is 42.3 Å². The van der Waals surface area contributed by atoms with Crippen LogP contribution in [0.25, 0.3) is 0 Å². The van der Waals surface area contributed by atoms with Crippen molar-refractivity contribution in [2.24, 2.45) is 0 Å². The van der Waals surface area contributed by atoms with Crippen molar-refractivity contribution < 1.29 is 14.3 Å². The molecule has 0 spiro atoms. The van der Waals surface area contributed by atoms with E-state index in [1.165, 1.54) is 0 Å². The Morgan fingerprint density at radius 2 is 1.75 bits per heavy atom. The van der Waals surface area contributed by atoms with Crippen LogP contribution in [0.4, 0.5) is 0 Å². The molecule has 1 aliphatic heterocycles. The van der Waals surface area contributed by atoms with Gasteiger partial charge < -0.3 is 19.4 Å². The second-order valence-corrected chi connectivity index (χ2v) is 8.08. The minimum Gasteiger partial charge on any atom is -0.497 e. The standard InChI is InChI=1S/C25H27N3O4/c1-16-26-23(12-24(29)27-16)22-14-28(13-21(22)18-8-10-20(32-3)11-9-18)25(30)19-6-4-17(5-7-19)15-31-2/h4-12,21-22H,13-15H2,1-3H3,(H,26,27,29)/t21-,22+/m0/s1. The Hall–Kier alpha value is -3.45. The van der Waals surface area contributed by atoms with Gasteiger partial charge in [0.05, 0.1) is 19.4 Å². The largest absolute Gasteiger partial charge is 0.497 e. The molecule has 1 saturated heterocycles. The van der Waals surface area contributed by atoms with E-state index < -0.39 is 0 Å². The highest BCUT2D eigenvalue weighted by Crippen LogP contribution is 2.39. The molecular weight excluding hydrogens is 406 g/mol. The molecule has 1 aliphatic rings. The highest BCUT2D eigenvalue weighted by atomic mass is 16.5. The van der Waals surface area contributed by atoms with Gasteiger partial charge in [-0.15, -0.1) is 0 Å². The molecule has 3 aromatic rings. The minimum absolute atomic E-state index is 0.0197. The molecule has 0 saturated carbocycles. The van der Waals surface area contributed by atoms with E-state index in [9.17, 15) is 9.59 Å². The summed E-state index contributed by atoms with van der Waals surface area (Å²) in [6.45, 7) is 3.31. The summed E-state index contributed by atoms with van der Waals surface area (Å²) >= 11 is 0. The van der Waals surface area contributed by atoms with Crippen molar-refractivity contribution in [2.75, 3.05) is 27.3 Å². The van der Waals surface area contributed by atoms with Crippen LogP contribution >= 0.6 is 0 Å². The number of nitrogens with one attached hydrogen (secondary N) is 1. The quantitative estimate of drug-likeness (QED) is 0.645. The first-order valence-corrected chi connectivity index (χ1v) is 10.6. The van der Waals surface area contributed by atoms with Crippen molar-refractivity contribution in [2.45, 2.75) is 25.4 Å². The van der Waals surface area contributed by atoms with Gasteiger partial charge >= 0.3 is 0 Å². The van der Waals surface area contributed by atoms with Crippen LogP contribution in [-0.2, 0) is 11.3 Å². The summed E-state index contributed by atoms with van der Waals surface area (Å²) in [6, 6.07) is 16.9. The summed E-state index contributed by atoms with van der Waals surface area (Å²) in [6.07, 6.45) is 0. The second-order valence-electron chi connectivity index (χ2n) is 8.08. The van der Waals surface area contributed by atoms with Crippen molar-refractivity contribution in [1.29, 1.82) is 0 Å². The van der Waals surface area contributed by atoms with Crippen LogP contribution in [0.5, 0.6) is 5.75 Å². The zero-order valence-electron chi connectivity index (χ0n) is 18.5. The number of nitrogens with zero attached hydrogens (tertiary/aromatic N) is 2. The molecule has 4 rings (SSSR count). The van der Waals surface area contributed by atoms with E-state index in [1.807, 2.05) is 53.4 Å². The molecule has 0 radical (unpaired) electrons. The number of methoxy groups -OCH3 is 2. The van der Waals surface area contributed by atoms with Crippen LogP contribution in [0.15, 0.2) is 59.4 Å². The molecule has 1 N–H and O–H groups in total. The van der Waals surface area contributed by atoms with E-state index in [2.05, 4.69) is 9.97 Å². The van der Waals surface area contributed by atoms with Gasteiger partial charge in [0.15, 0.2) is 0 Å². The molecule has 7 heteroatoms. The van der Waals surface area contributed by atoms with Crippen molar-refractivity contribution in [3.8, 4) is 5.75 Å². The predicted molar refractivity (Wildman–Crippen MR) is 121 cm³/mol. The molecule has 1 amide bonds. The Morgan fingerprint density at radius 1 is 1.06 bits per heavy atom. The molecule has 32 heavy (non-hydrogen) atoms. The maximum absolute atomic E-state index is 13.3. The fourth-order valence-corrected chi connectivity index (χ4v) is 4.34. The number of carbonyl (C=O) groups excluding carboxylic acids is 1. The molecule has 2 aromatic carbocycles. The highest BCUT2D eigenvalue weighted by molar-refractivity contribution is 5.94. The first-order chi connectivity index (χ1) is 15.5. The van der Waals surface area contributed by atoms with Crippen molar-refractivity contribution in [3.05, 3.63) is 93.2 Å². The number of aromatic amines is 1. The molecule has 2 heterocycles. The van der Waals surface area contributed by atoms with E-state index >= 15 is 0 Å². The van der Waals surface area contributed by atoms with E-state index in [0.717, 1.165) is 16.9 Å². The number of H-pyrrole nitrogens is 1. The number of amides is 1. The van der Waals surface area contributed by atoms with Gasteiger partial charge in [-0.3, -0.25) is 9.59 Å². The van der Waals surface area contributed by atoms with Gasteiger partial charge in [0.1, 0.15) is 11.6 Å². The molecule has 0 unspecified atom stereocenters. The number of benzene rings is 2. The van der Waals surface area contributed by atoms with Crippen LogP contribution < -0.4 is 10.3 Å². The Kier molecular flexibility index (Phi) is 6.37. The third-order valence-corrected chi connectivity index (χ3v) is 5.92. The lowest BCUT2D eigenvalue weighted by Crippen LogP contribution is -2.29. The Balaban J connectivity index is 1.65. The lowest BCUT2D eigenvalue weighted by molar-refractivity contribution is 0.0789. The van der Waals surface area contributed by atoms with Gasteiger partial charge in [0, 0.05) is 43.7 Å². The number of hydrogen-bond acceptors (Lipinski definition) is 5. The van der Waals surface area contributed by atoms with Crippen molar-refractivity contribution >= 4 is 5.91 Å². The van der Waals surface area contributed by atoms with Crippen LogP contribution in [-0.4, -0.2) is 48.1 Å². The zero-order valence-corrected chi connectivity index (χ0v) is 18.5. The molecule has 0 aliphatic carbocycles. The molecule has 1 fully saturated rings. The summed E-state index contributed by atoms with van der Waals surface area (Å²) < 4.78 is 10.4. The Bertz CT molecular complexity index is 1140. The molecule has 166 valence electrons. The van der Waals surface area contributed by atoms with Crippen molar-refractivity contribution in [3.63, 3.8) is 0 Å². The van der Waals surface area contributed by atoms with Gasteiger partial charge in [-0.25, -0.2) is 4.98 Å². The van der Waals surface area contributed by atoms with E-state index in [4.69, 9.17) is 9.47 Å². The number of aryl methyl sites for hydroxylation is 1. The lowest BCUT2D eigenvalue weighted by atomic mass is 9.86. The average molecular weight is 434 g/mol. The number of aromatic nitrogens is 2. The molecule has 2 atom stereocenters. The van der Waals surface area contributed by atoms with Crippen LogP contribution in [0.1, 0.15) is 44.8 Å². The van der Waals surface area contributed by atoms with Gasteiger partial charge in [0.2, 0.25) is 0 Å². The van der Waals surface area contributed by atoms with Crippen LogP contribution in [0.3, 0.4) is 0 Å².